The number of nitrogens with one attached hydrogen (secondary N) is 1. The van der Waals surface area contributed by atoms with Crippen LogP contribution in [-0.2, 0) is 6.54 Å². The molecule has 1 amide bonds. The summed E-state index contributed by atoms with van der Waals surface area (Å²) >= 11 is 0. The number of likely N-dealkylation sites (N-methyl/N-ethyl adjacent to an activating group) is 1. The van der Waals surface area contributed by atoms with Crippen molar-refractivity contribution in [1.82, 2.24) is 10.2 Å². The van der Waals surface area contributed by atoms with Gasteiger partial charge in [-0.25, -0.2) is 0 Å². The van der Waals surface area contributed by atoms with E-state index in [0.29, 0.717) is 12.3 Å². The second kappa shape index (κ2) is 6.21. The highest BCUT2D eigenvalue weighted by atomic mass is 16.4. The maximum absolute atomic E-state index is 11.4. The fourth-order valence-electron chi connectivity index (χ4n) is 2.68. The predicted molar refractivity (Wildman–Crippen MR) is 71.8 cm³/mol. The minimum absolute atomic E-state index is 0.183. The first kappa shape index (κ1) is 14.1. The molecule has 0 bridgehead atoms. The molecule has 5 nitrogen and oxygen atoms in total. The van der Waals surface area contributed by atoms with Crippen molar-refractivity contribution in [2.75, 3.05) is 14.1 Å². The van der Waals surface area contributed by atoms with Crippen LogP contribution in [0.3, 0.4) is 0 Å². The summed E-state index contributed by atoms with van der Waals surface area (Å²) in [4.78, 5) is 13.5. The Morgan fingerprint density at radius 3 is 2.89 bits per heavy atom. The van der Waals surface area contributed by atoms with E-state index in [4.69, 9.17) is 4.42 Å². The smallest absolute Gasteiger partial charge is 0.286 e. The van der Waals surface area contributed by atoms with Crippen LogP contribution in [0, 0.1) is 0 Å². The first-order valence-electron chi connectivity index (χ1n) is 6.81. The van der Waals surface area contributed by atoms with Crippen LogP contribution in [0.5, 0.6) is 0 Å². The fraction of sp³-hybridized carbons (Fsp3) is 0.643. The minimum Gasteiger partial charge on any atom is -0.455 e. The molecule has 1 aromatic rings. The Morgan fingerprint density at radius 2 is 2.21 bits per heavy atom. The molecular formula is C14H22N2O3. The number of furan rings is 1. The molecule has 1 heterocycles. The molecule has 2 unspecified atom stereocenters. The average Bonchev–Trinajstić information content (AvgIpc) is 2.86. The molecule has 1 fully saturated rings. The van der Waals surface area contributed by atoms with Crippen molar-refractivity contribution in [2.24, 2.45) is 0 Å². The molecule has 0 aromatic carbocycles. The van der Waals surface area contributed by atoms with E-state index >= 15 is 0 Å². The van der Waals surface area contributed by atoms with Gasteiger partial charge in [-0.05, 0) is 32.0 Å². The van der Waals surface area contributed by atoms with Crippen molar-refractivity contribution in [3.63, 3.8) is 0 Å². The first-order valence-corrected chi connectivity index (χ1v) is 6.81. The van der Waals surface area contributed by atoms with E-state index in [1.807, 2.05) is 13.1 Å². The van der Waals surface area contributed by atoms with E-state index in [2.05, 4.69) is 10.2 Å². The van der Waals surface area contributed by atoms with E-state index < -0.39 is 0 Å². The number of aliphatic hydroxyl groups is 1. The van der Waals surface area contributed by atoms with E-state index in [1.54, 1.807) is 13.1 Å². The normalized spacial score (nSPS) is 23.6. The number of aliphatic hydroxyl groups excluding tert-OH is 1. The van der Waals surface area contributed by atoms with Gasteiger partial charge in [-0.2, -0.15) is 0 Å². The van der Waals surface area contributed by atoms with Gasteiger partial charge in [0.2, 0.25) is 0 Å². The van der Waals surface area contributed by atoms with Crippen molar-refractivity contribution in [1.29, 1.82) is 0 Å². The van der Waals surface area contributed by atoms with Crippen molar-refractivity contribution in [3.05, 3.63) is 23.7 Å². The lowest BCUT2D eigenvalue weighted by atomic mass is 9.91. The molecule has 19 heavy (non-hydrogen) atoms. The van der Waals surface area contributed by atoms with Crippen LogP contribution >= 0.6 is 0 Å². The van der Waals surface area contributed by atoms with Crippen molar-refractivity contribution in [2.45, 2.75) is 44.4 Å². The highest BCUT2D eigenvalue weighted by Crippen LogP contribution is 2.23. The molecule has 5 heteroatoms. The lowest BCUT2D eigenvalue weighted by Gasteiger charge is -2.34. The number of hydrogen-bond acceptors (Lipinski definition) is 4. The number of nitrogens with zero attached hydrogens (tertiary/aromatic N) is 1. The summed E-state index contributed by atoms with van der Waals surface area (Å²) in [6.07, 6.45) is 3.89. The van der Waals surface area contributed by atoms with Gasteiger partial charge in [0.05, 0.1) is 12.6 Å². The summed E-state index contributed by atoms with van der Waals surface area (Å²) in [6.45, 7) is 0.610. The number of hydrogen-bond donors (Lipinski definition) is 2. The van der Waals surface area contributed by atoms with Gasteiger partial charge in [0.25, 0.3) is 5.91 Å². The summed E-state index contributed by atoms with van der Waals surface area (Å²) in [7, 11) is 3.57. The van der Waals surface area contributed by atoms with Crippen LogP contribution in [0.15, 0.2) is 16.5 Å². The van der Waals surface area contributed by atoms with E-state index in [9.17, 15) is 9.90 Å². The van der Waals surface area contributed by atoms with E-state index in [0.717, 1.165) is 31.4 Å². The molecule has 1 aliphatic rings. The van der Waals surface area contributed by atoms with Gasteiger partial charge in [0, 0.05) is 13.1 Å². The largest absolute Gasteiger partial charge is 0.455 e. The topological polar surface area (TPSA) is 65.7 Å². The molecule has 0 aliphatic heterocycles. The van der Waals surface area contributed by atoms with Crippen LogP contribution in [-0.4, -0.2) is 42.2 Å². The van der Waals surface area contributed by atoms with E-state index in [-0.39, 0.29) is 18.1 Å². The number of carbonyl (C=O) groups is 1. The number of amides is 1. The highest BCUT2D eigenvalue weighted by Gasteiger charge is 2.27. The van der Waals surface area contributed by atoms with Gasteiger partial charge in [-0.1, -0.05) is 12.8 Å². The zero-order chi connectivity index (χ0) is 13.8. The second-order valence-corrected chi connectivity index (χ2v) is 5.18. The lowest BCUT2D eigenvalue weighted by Crippen LogP contribution is -2.42. The maximum atomic E-state index is 11.4. The SMILES string of the molecule is CNC(=O)c1ccc(CN(C)C2CCCCC2O)o1. The highest BCUT2D eigenvalue weighted by molar-refractivity contribution is 5.91. The molecule has 2 atom stereocenters. The van der Waals surface area contributed by atoms with Gasteiger partial charge in [0.15, 0.2) is 5.76 Å². The maximum Gasteiger partial charge on any atom is 0.286 e. The molecule has 1 saturated carbocycles. The Bertz CT molecular complexity index is 430. The average molecular weight is 266 g/mol. The molecule has 1 aromatic heterocycles. The number of rotatable bonds is 4. The lowest BCUT2D eigenvalue weighted by molar-refractivity contribution is 0.0261. The fourth-order valence-corrected chi connectivity index (χ4v) is 2.68. The summed E-state index contributed by atoms with van der Waals surface area (Å²) in [5.74, 6) is 0.862. The van der Waals surface area contributed by atoms with Crippen LogP contribution in [0.2, 0.25) is 0 Å². The third-order valence-corrected chi connectivity index (χ3v) is 3.78. The van der Waals surface area contributed by atoms with E-state index in [1.165, 1.54) is 0 Å². The third kappa shape index (κ3) is 3.36. The molecule has 0 spiro atoms. The summed E-state index contributed by atoms with van der Waals surface area (Å²) < 4.78 is 5.50. The minimum atomic E-state index is -0.257. The summed E-state index contributed by atoms with van der Waals surface area (Å²) in [5.41, 5.74) is 0. The molecule has 106 valence electrons. The quantitative estimate of drug-likeness (QED) is 0.864. The monoisotopic (exact) mass is 266 g/mol. The van der Waals surface area contributed by atoms with Gasteiger partial charge < -0.3 is 14.8 Å². The van der Waals surface area contributed by atoms with Crippen LogP contribution in [0.25, 0.3) is 0 Å². The number of carbonyl (C=O) groups excluding carboxylic acids is 1. The summed E-state index contributed by atoms with van der Waals surface area (Å²) in [6, 6.07) is 3.68. The molecule has 0 saturated heterocycles. The van der Waals surface area contributed by atoms with Crippen LogP contribution < -0.4 is 5.32 Å². The predicted octanol–water partition coefficient (Wildman–Crippen LogP) is 1.37. The standard InChI is InChI=1S/C14H22N2O3/c1-15-14(18)13-8-7-10(19-13)9-16(2)11-5-3-4-6-12(11)17/h7-8,11-12,17H,3-6,9H2,1-2H3,(H,15,18). The Morgan fingerprint density at radius 1 is 1.47 bits per heavy atom. The van der Waals surface area contributed by atoms with Crippen molar-refractivity contribution < 1.29 is 14.3 Å². The second-order valence-electron chi connectivity index (χ2n) is 5.18. The zero-order valence-electron chi connectivity index (χ0n) is 11.6. The van der Waals surface area contributed by atoms with Gasteiger partial charge >= 0.3 is 0 Å². The van der Waals surface area contributed by atoms with Crippen LogP contribution in [0.1, 0.15) is 42.0 Å². The van der Waals surface area contributed by atoms with Crippen LogP contribution in [0.4, 0.5) is 0 Å². The van der Waals surface area contributed by atoms with Gasteiger partial charge in [0.1, 0.15) is 5.76 Å². The Hall–Kier alpha value is -1.33. The third-order valence-electron chi connectivity index (χ3n) is 3.78. The summed E-state index contributed by atoms with van der Waals surface area (Å²) in [5, 5.41) is 12.5. The molecule has 2 rings (SSSR count). The first-order chi connectivity index (χ1) is 9.11. The van der Waals surface area contributed by atoms with Gasteiger partial charge in [-0.3, -0.25) is 9.69 Å². The van der Waals surface area contributed by atoms with Gasteiger partial charge in [-0.15, -0.1) is 0 Å². The molecule has 2 N–H and O–H groups in total. The zero-order valence-corrected chi connectivity index (χ0v) is 11.6. The Kier molecular flexibility index (Phi) is 4.61. The molecule has 1 aliphatic carbocycles. The van der Waals surface area contributed by atoms with Crippen molar-refractivity contribution >= 4 is 5.91 Å². The van der Waals surface area contributed by atoms with Crippen molar-refractivity contribution in [3.8, 4) is 0 Å². The molecule has 0 radical (unpaired) electrons. The Balaban J connectivity index is 1.96. The molecular weight excluding hydrogens is 244 g/mol. The Labute approximate surface area is 113 Å².